The number of nitriles is 1. The van der Waals surface area contributed by atoms with Crippen molar-refractivity contribution >= 4 is 11.9 Å². The number of carbonyl (C=O) groups is 2. The average molecular weight is 224 g/mol. The van der Waals surface area contributed by atoms with Crippen molar-refractivity contribution in [3.63, 3.8) is 0 Å². The zero-order valence-corrected chi connectivity index (χ0v) is 10.2. The third-order valence-electron chi connectivity index (χ3n) is 1.54. The predicted octanol–water partition coefficient (Wildman–Crippen LogP) is 1.56. The molecule has 1 amide bonds. The number of carbonyl (C=O) groups excluding carboxylic acids is 2. The Bertz CT molecular complexity index is 358. The van der Waals surface area contributed by atoms with Crippen LogP contribution in [-0.2, 0) is 14.3 Å². The standard InChI is InChI=1S/C11H16N2O3/c1-6-9(13(7-12)8(2)14)10(15)16-11(3,4)5/h6H,1-5H3/b9-6-. The van der Waals surface area contributed by atoms with Crippen molar-refractivity contribution in [2.24, 2.45) is 0 Å². The molecule has 0 radical (unpaired) electrons. The van der Waals surface area contributed by atoms with Crippen molar-refractivity contribution in [2.75, 3.05) is 0 Å². The van der Waals surface area contributed by atoms with E-state index in [-0.39, 0.29) is 5.70 Å². The Kier molecular flexibility index (Phi) is 4.70. The van der Waals surface area contributed by atoms with Crippen molar-refractivity contribution in [3.05, 3.63) is 11.8 Å². The van der Waals surface area contributed by atoms with Crippen LogP contribution in [0.15, 0.2) is 11.8 Å². The van der Waals surface area contributed by atoms with Gasteiger partial charge in [-0.15, -0.1) is 0 Å². The monoisotopic (exact) mass is 224 g/mol. The molecule has 0 saturated heterocycles. The summed E-state index contributed by atoms with van der Waals surface area (Å²) in [4.78, 5) is 23.5. The van der Waals surface area contributed by atoms with Crippen molar-refractivity contribution in [1.29, 1.82) is 5.26 Å². The smallest absolute Gasteiger partial charge is 0.356 e. The first-order chi connectivity index (χ1) is 7.22. The van der Waals surface area contributed by atoms with Gasteiger partial charge in [0.2, 0.25) is 5.91 Å². The van der Waals surface area contributed by atoms with E-state index < -0.39 is 17.5 Å². The minimum absolute atomic E-state index is 0.0649. The van der Waals surface area contributed by atoms with Crippen LogP contribution in [0.2, 0.25) is 0 Å². The lowest BCUT2D eigenvalue weighted by Gasteiger charge is -2.22. The molecule has 0 atom stereocenters. The zero-order chi connectivity index (χ0) is 12.9. The fourth-order valence-electron chi connectivity index (χ4n) is 0.963. The number of nitrogens with zero attached hydrogens (tertiary/aromatic N) is 2. The first-order valence-electron chi connectivity index (χ1n) is 4.83. The van der Waals surface area contributed by atoms with E-state index in [1.54, 1.807) is 33.9 Å². The molecule has 16 heavy (non-hydrogen) atoms. The third kappa shape index (κ3) is 4.13. The maximum atomic E-state index is 11.7. The van der Waals surface area contributed by atoms with Gasteiger partial charge in [-0.1, -0.05) is 6.08 Å². The Morgan fingerprint density at radius 2 is 1.88 bits per heavy atom. The van der Waals surface area contributed by atoms with E-state index in [0.29, 0.717) is 4.90 Å². The Morgan fingerprint density at radius 3 is 2.12 bits per heavy atom. The van der Waals surface area contributed by atoms with Gasteiger partial charge >= 0.3 is 5.97 Å². The first-order valence-corrected chi connectivity index (χ1v) is 4.83. The fourth-order valence-corrected chi connectivity index (χ4v) is 0.963. The summed E-state index contributed by atoms with van der Waals surface area (Å²) in [7, 11) is 0. The second kappa shape index (κ2) is 5.31. The molecule has 0 aromatic heterocycles. The van der Waals surface area contributed by atoms with Gasteiger partial charge in [-0.05, 0) is 27.7 Å². The molecule has 0 N–H and O–H groups in total. The first kappa shape index (κ1) is 14.2. The summed E-state index contributed by atoms with van der Waals surface area (Å²) in [5.74, 6) is -1.21. The highest BCUT2D eigenvalue weighted by molar-refractivity contribution is 5.94. The largest absolute Gasteiger partial charge is 0.455 e. The number of hydrogen-bond donors (Lipinski definition) is 0. The normalized spacial score (nSPS) is 11.6. The molecular formula is C11H16N2O3. The number of allylic oxidation sites excluding steroid dienone is 1. The van der Waals surface area contributed by atoms with Crippen molar-refractivity contribution in [3.8, 4) is 6.19 Å². The maximum absolute atomic E-state index is 11.7. The molecule has 5 nitrogen and oxygen atoms in total. The van der Waals surface area contributed by atoms with E-state index in [1.165, 1.54) is 13.0 Å². The highest BCUT2D eigenvalue weighted by Crippen LogP contribution is 2.13. The molecule has 0 heterocycles. The molecular weight excluding hydrogens is 208 g/mol. The summed E-state index contributed by atoms with van der Waals surface area (Å²) in [5.41, 5.74) is -0.728. The van der Waals surface area contributed by atoms with Crippen LogP contribution in [0, 0.1) is 11.5 Å². The van der Waals surface area contributed by atoms with Gasteiger partial charge < -0.3 is 4.74 Å². The molecule has 0 aromatic carbocycles. The Labute approximate surface area is 95.3 Å². The molecule has 5 heteroatoms. The third-order valence-corrected chi connectivity index (χ3v) is 1.54. The van der Waals surface area contributed by atoms with Crippen LogP contribution >= 0.6 is 0 Å². The lowest BCUT2D eigenvalue weighted by atomic mass is 10.2. The molecule has 0 rings (SSSR count). The number of rotatable bonds is 2. The van der Waals surface area contributed by atoms with Gasteiger partial charge in [-0.2, -0.15) is 5.26 Å². The Balaban J connectivity index is 4.98. The van der Waals surface area contributed by atoms with Gasteiger partial charge in [0.25, 0.3) is 0 Å². The quantitative estimate of drug-likeness (QED) is 0.309. The van der Waals surface area contributed by atoms with E-state index in [2.05, 4.69) is 0 Å². The van der Waals surface area contributed by atoms with Gasteiger partial charge in [-0.25, -0.2) is 9.69 Å². The molecule has 0 bridgehead atoms. The molecule has 0 saturated carbocycles. The molecule has 0 spiro atoms. The predicted molar refractivity (Wildman–Crippen MR) is 57.7 cm³/mol. The summed E-state index contributed by atoms with van der Waals surface area (Å²) in [6, 6.07) is 0. The van der Waals surface area contributed by atoms with Crippen LogP contribution in [0.3, 0.4) is 0 Å². The van der Waals surface area contributed by atoms with Crippen LogP contribution in [0.4, 0.5) is 0 Å². The van der Waals surface area contributed by atoms with Crippen molar-refractivity contribution in [1.82, 2.24) is 4.90 Å². The van der Waals surface area contributed by atoms with E-state index in [1.807, 2.05) is 0 Å². The van der Waals surface area contributed by atoms with Crippen molar-refractivity contribution < 1.29 is 14.3 Å². The minimum Gasteiger partial charge on any atom is -0.455 e. The summed E-state index contributed by atoms with van der Waals surface area (Å²) in [6.07, 6.45) is 3.01. The topological polar surface area (TPSA) is 70.4 Å². The molecule has 0 aliphatic rings. The number of ether oxygens (including phenoxy) is 1. The SMILES string of the molecule is C/C=C(/C(=O)OC(C)(C)C)N(C#N)C(C)=O. The number of amides is 1. The van der Waals surface area contributed by atoms with Crippen LogP contribution in [0.1, 0.15) is 34.6 Å². The van der Waals surface area contributed by atoms with Gasteiger partial charge in [0.15, 0.2) is 6.19 Å². The molecule has 0 aromatic rings. The molecule has 88 valence electrons. The van der Waals surface area contributed by atoms with Crippen LogP contribution < -0.4 is 0 Å². The lowest BCUT2D eigenvalue weighted by Crippen LogP contribution is -2.32. The van der Waals surface area contributed by atoms with E-state index in [9.17, 15) is 9.59 Å². The van der Waals surface area contributed by atoms with Gasteiger partial charge in [0, 0.05) is 6.92 Å². The summed E-state index contributed by atoms with van der Waals surface area (Å²) in [5, 5.41) is 8.75. The van der Waals surface area contributed by atoms with E-state index in [4.69, 9.17) is 10.00 Å². The Morgan fingerprint density at radius 1 is 1.38 bits per heavy atom. The van der Waals surface area contributed by atoms with Gasteiger partial charge in [-0.3, -0.25) is 4.79 Å². The van der Waals surface area contributed by atoms with E-state index >= 15 is 0 Å². The van der Waals surface area contributed by atoms with Gasteiger partial charge in [0.05, 0.1) is 0 Å². The highest BCUT2D eigenvalue weighted by atomic mass is 16.6. The van der Waals surface area contributed by atoms with Crippen LogP contribution in [-0.4, -0.2) is 22.4 Å². The molecule has 0 fully saturated rings. The summed E-state index contributed by atoms with van der Waals surface area (Å²) in [6.45, 7) is 7.90. The molecule has 0 aliphatic heterocycles. The highest BCUT2D eigenvalue weighted by Gasteiger charge is 2.25. The fraction of sp³-hybridized carbons (Fsp3) is 0.545. The number of hydrogen-bond acceptors (Lipinski definition) is 4. The second-order valence-electron chi connectivity index (χ2n) is 4.13. The zero-order valence-electron chi connectivity index (χ0n) is 10.2. The van der Waals surface area contributed by atoms with E-state index in [0.717, 1.165) is 0 Å². The molecule has 0 unspecified atom stereocenters. The molecule has 0 aliphatic carbocycles. The minimum atomic E-state index is -0.688. The Hall–Kier alpha value is -1.83. The average Bonchev–Trinajstić information content (AvgIpc) is 2.09. The summed E-state index contributed by atoms with van der Waals surface area (Å²) >= 11 is 0. The lowest BCUT2D eigenvalue weighted by molar-refractivity contribution is -0.152. The van der Waals surface area contributed by atoms with Crippen LogP contribution in [0.5, 0.6) is 0 Å². The second-order valence-corrected chi connectivity index (χ2v) is 4.13. The van der Waals surface area contributed by atoms with Gasteiger partial charge in [0.1, 0.15) is 11.3 Å². The number of esters is 1. The van der Waals surface area contributed by atoms with Crippen LogP contribution in [0.25, 0.3) is 0 Å². The summed E-state index contributed by atoms with van der Waals surface area (Å²) < 4.78 is 5.07. The maximum Gasteiger partial charge on any atom is 0.356 e. The van der Waals surface area contributed by atoms with Crippen molar-refractivity contribution in [2.45, 2.75) is 40.2 Å².